The molecule has 0 aliphatic heterocycles. The van der Waals surface area contributed by atoms with E-state index in [0.29, 0.717) is 3.57 Å². The van der Waals surface area contributed by atoms with Crippen molar-refractivity contribution in [2.24, 2.45) is 7.05 Å². The van der Waals surface area contributed by atoms with Crippen LogP contribution in [0.25, 0.3) is 11.3 Å². The van der Waals surface area contributed by atoms with Crippen molar-refractivity contribution >= 4 is 22.6 Å². The van der Waals surface area contributed by atoms with Gasteiger partial charge in [0.1, 0.15) is 0 Å². The van der Waals surface area contributed by atoms with E-state index >= 15 is 0 Å². The Morgan fingerprint density at radius 3 is 2.39 bits per heavy atom. The van der Waals surface area contributed by atoms with Crippen molar-refractivity contribution in [2.45, 2.75) is 0 Å². The maximum absolute atomic E-state index is 13.6. The van der Waals surface area contributed by atoms with E-state index in [1.165, 1.54) is 23.7 Å². The third kappa shape index (κ3) is 2.88. The Morgan fingerprint density at radius 1 is 1.28 bits per heavy atom. The van der Waals surface area contributed by atoms with Crippen LogP contribution in [0.4, 0.5) is 8.78 Å². The molecule has 1 aromatic carbocycles. The average Bonchev–Trinajstić information content (AvgIpc) is 2.29. The number of benzene rings is 1. The quantitative estimate of drug-likeness (QED) is 0.499. The molecule has 0 fully saturated rings. The van der Waals surface area contributed by atoms with Crippen LogP contribution in [0.3, 0.4) is 0 Å². The van der Waals surface area contributed by atoms with Crippen LogP contribution in [-0.2, 0) is 39.8 Å². The van der Waals surface area contributed by atoms with Gasteiger partial charge in [0.15, 0.2) is 0 Å². The largest absolute Gasteiger partial charge is 0.344 e. The molecule has 0 bridgehead atoms. The van der Waals surface area contributed by atoms with Gasteiger partial charge in [-0.25, -0.2) is 8.78 Å². The van der Waals surface area contributed by atoms with Crippen molar-refractivity contribution in [1.29, 1.82) is 0 Å². The van der Waals surface area contributed by atoms with Gasteiger partial charge in [0.25, 0.3) is 0 Å². The Bertz CT molecular complexity index is 622. The fourth-order valence-corrected chi connectivity index (χ4v) is 2.03. The molecule has 1 heterocycles. The van der Waals surface area contributed by atoms with E-state index in [1.54, 1.807) is 0 Å². The summed E-state index contributed by atoms with van der Waals surface area (Å²) in [5, 5.41) is 0. The van der Waals surface area contributed by atoms with Crippen LogP contribution in [0.1, 0.15) is 0 Å². The maximum atomic E-state index is 13.6. The fraction of sp³-hybridized carbons (Fsp3) is 0.0833. The normalized spacial score (nSPS) is 10.0. The second-order valence-corrected chi connectivity index (χ2v) is 4.61. The third-order valence-electron chi connectivity index (χ3n) is 2.38. The summed E-state index contributed by atoms with van der Waals surface area (Å²) in [7, 11) is 1.46. The third-order valence-corrected chi connectivity index (χ3v) is 3.15. The van der Waals surface area contributed by atoms with E-state index in [1.807, 2.05) is 22.6 Å². The van der Waals surface area contributed by atoms with Gasteiger partial charge in [-0.15, -0.1) is 22.6 Å². The van der Waals surface area contributed by atoms with Gasteiger partial charge < -0.3 is 4.57 Å². The van der Waals surface area contributed by atoms with Gasteiger partial charge in [-0.1, -0.05) is 11.8 Å². The Kier molecular flexibility index (Phi) is 5.61. The summed E-state index contributed by atoms with van der Waals surface area (Å²) in [6.07, 6.45) is 0. The average molecular weight is 435 g/mol. The van der Waals surface area contributed by atoms with Crippen molar-refractivity contribution in [3.63, 3.8) is 0 Å². The maximum Gasteiger partial charge on any atom is 0.207 e. The van der Waals surface area contributed by atoms with Crippen molar-refractivity contribution in [1.82, 2.24) is 4.57 Å². The van der Waals surface area contributed by atoms with Gasteiger partial charge in [-0.3, -0.25) is 4.79 Å². The van der Waals surface area contributed by atoms with Crippen LogP contribution in [0.15, 0.2) is 29.1 Å². The predicted molar refractivity (Wildman–Crippen MR) is 68.6 cm³/mol. The van der Waals surface area contributed by atoms with Gasteiger partial charge in [0, 0.05) is 39.8 Å². The van der Waals surface area contributed by atoms with Crippen LogP contribution >= 0.6 is 22.6 Å². The van der Waals surface area contributed by atoms with Gasteiger partial charge in [-0.05, 0) is 21.3 Å². The number of nitrogens with zero attached hydrogens (tertiary/aromatic N) is 1. The molecule has 2 rings (SSSR count). The molecule has 0 aliphatic rings. The molecule has 0 saturated carbocycles. The molecule has 2 nitrogen and oxygen atoms in total. The molecular formula is C12H7F2INOY-. The van der Waals surface area contributed by atoms with Crippen molar-refractivity contribution in [3.8, 4) is 11.3 Å². The smallest absolute Gasteiger partial charge is 0.207 e. The molecule has 2 aromatic rings. The van der Waals surface area contributed by atoms with E-state index in [9.17, 15) is 13.6 Å². The zero-order valence-corrected chi connectivity index (χ0v) is 14.4. The molecule has 0 amide bonds. The van der Waals surface area contributed by atoms with E-state index in [-0.39, 0.29) is 49.5 Å². The molecule has 0 N–H and O–H groups in total. The SMILES string of the molecule is Cn1c(-c2c(F)cccc2F)[c-]cc(I)c1=O.[Y]. The number of aromatic nitrogens is 1. The number of halogens is 3. The predicted octanol–water partition coefficient (Wildman–Crippen LogP) is 2.73. The fourth-order valence-electron chi connectivity index (χ4n) is 1.52. The Balaban J connectivity index is 0.00000162. The molecular weight excluding hydrogens is 428 g/mol. The minimum atomic E-state index is -0.711. The summed E-state index contributed by atoms with van der Waals surface area (Å²) in [6, 6.07) is 7.71. The monoisotopic (exact) mass is 435 g/mol. The number of pyridine rings is 1. The zero-order valence-electron chi connectivity index (χ0n) is 9.38. The summed E-state index contributed by atoms with van der Waals surface area (Å²) >= 11 is 1.85. The molecule has 6 heteroatoms. The first-order valence-electron chi connectivity index (χ1n) is 4.74. The van der Waals surface area contributed by atoms with Gasteiger partial charge in [-0.2, -0.15) is 12.1 Å². The van der Waals surface area contributed by atoms with Crippen molar-refractivity contribution in [3.05, 3.63) is 55.9 Å². The molecule has 0 atom stereocenters. The molecule has 0 saturated heterocycles. The van der Waals surface area contributed by atoms with Gasteiger partial charge in [0.2, 0.25) is 5.56 Å². The minimum Gasteiger partial charge on any atom is -0.344 e. The van der Waals surface area contributed by atoms with E-state index in [2.05, 4.69) is 6.07 Å². The second-order valence-electron chi connectivity index (χ2n) is 3.45. The van der Waals surface area contributed by atoms with Crippen molar-refractivity contribution in [2.75, 3.05) is 0 Å². The van der Waals surface area contributed by atoms with E-state index < -0.39 is 11.6 Å². The summed E-state index contributed by atoms with van der Waals surface area (Å²) in [5.74, 6) is -1.42. The topological polar surface area (TPSA) is 22.0 Å². The molecule has 0 spiro atoms. The Morgan fingerprint density at radius 2 is 1.83 bits per heavy atom. The summed E-state index contributed by atoms with van der Waals surface area (Å²) < 4.78 is 28.8. The number of hydrogen-bond donors (Lipinski definition) is 0. The van der Waals surface area contributed by atoms with Crippen LogP contribution in [0.2, 0.25) is 0 Å². The van der Waals surface area contributed by atoms with Crippen LogP contribution in [0, 0.1) is 21.3 Å². The molecule has 91 valence electrons. The van der Waals surface area contributed by atoms with Gasteiger partial charge in [0.05, 0.1) is 11.6 Å². The molecule has 0 aliphatic carbocycles. The minimum absolute atomic E-state index is 0. The number of hydrogen-bond acceptors (Lipinski definition) is 1. The standard InChI is InChI=1S/C12H7F2INO.Y/c1-16-10(6-5-9(15)12(16)17)11-7(13)3-2-4-8(11)14;/h2-5H,1H3;/q-1;. The Hall–Kier alpha value is -0.136. The summed E-state index contributed by atoms with van der Waals surface area (Å²) in [5.41, 5.74) is -0.434. The molecule has 1 aromatic heterocycles. The van der Waals surface area contributed by atoms with E-state index in [4.69, 9.17) is 0 Å². The first-order chi connectivity index (χ1) is 8.02. The first-order valence-corrected chi connectivity index (χ1v) is 5.82. The summed E-state index contributed by atoms with van der Waals surface area (Å²) in [6.45, 7) is 0. The van der Waals surface area contributed by atoms with Crippen LogP contribution in [0.5, 0.6) is 0 Å². The van der Waals surface area contributed by atoms with Crippen molar-refractivity contribution < 1.29 is 41.5 Å². The summed E-state index contributed by atoms with van der Waals surface area (Å²) in [4.78, 5) is 11.7. The van der Waals surface area contributed by atoms with Crippen LogP contribution < -0.4 is 5.56 Å². The molecule has 1 radical (unpaired) electrons. The second kappa shape index (κ2) is 6.34. The molecule has 0 unspecified atom stereocenters. The first kappa shape index (κ1) is 15.9. The van der Waals surface area contributed by atoms with Gasteiger partial charge >= 0.3 is 0 Å². The Labute approximate surface area is 141 Å². The molecule has 18 heavy (non-hydrogen) atoms. The number of rotatable bonds is 1. The van der Waals surface area contributed by atoms with E-state index in [0.717, 1.165) is 12.1 Å². The van der Waals surface area contributed by atoms with Crippen LogP contribution in [-0.4, -0.2) is 4.57 Å². The zero-order chi connectivity index (χ0) is 12.6.